The fourth-order valence-electron chi connectivity index (χ4n) is 3.05. The molecule has 0 unspecified atom stereocenters. The molecule has 142 valence electrons. The van der Waals surface area contributed by atoms with E-state index in [9.17, 15) is 14.0 Å². The number of carbonyl (C=O) groups excluding carboxylic acids is 2. The van der Waals surface area contributed by atoms with Crippen LogP contribution < -0.4 is 10.6 Å². The first-order valence-corrected chi connectivity index (χ1v) is 8.88. The predicted molar refractivity (Wildman–Crippen MR) is 97.6 cm³/mol. The van der Waals surface area contributed by atoms with E-state index in [0.717, 1.165) is 18.4 Å². The van der Waals surface area contributed by atoms with Gasteiger partial charge in [-0.1, -0.05) is 12.1 Å². The molecule has 0 spiro atoms. The molecular weight excluding hydrogens is 349 g/mol. The van der Waals surface area contributed by atoms with Crippen molar-refractivity contribution in [2.24, 2.45) is 0 Å². The standard InChI is InChI=1S/C19H22FN5O2/c1-21-15-6-10-25(11-7-15)19(27)17-16(22-8-9-23-17)18(26)24-12-13-2-4-14(20)5-3-13/h2-5,8-9,15,21H,6-7,10-12H2,1H3,(H,24,26). The van der Waals surface area contributed by atoms with Crippen molar-refractivity contribution in [2.75, 3.05) is 20.1 Å². The summed E-state index contributed by atoms with van der Waals surface area (Å²) in [5, 5.41) is 5.92. The van der Waals surface area contributed by atoms with Crippen LogP contribution in [-0.4, -0.2) is 52.9 Å². The second-order valence-corrected chi connectivity index (χ2v) is 6.42. The molecule has 0 aliphatic carbocycles. The van der Waals surface area contributed by atoms with Crippen molar-refractivity contribution < 1.29 is 14.0 Å². The highest BCUT2D eigenvalue weighted by Gasteiger charge is 2.27. The molecule has 2 aromatic rings. The summed E-state index contributed by atoms with van der Waals surface area (Å²) in [7, 11) is 1.91. The molecule has 27 heavy (non-hydrogen) atoms. The Kier molecular flexibility index (Phi) is 6.08. The van der Waals surface area contributed by atoms with Crippen LogP contribution in [0.4, 0.5) is 4.39 Å². The number of benzene rings is 1. The van der Waals surface area contributed by atoms with Gasteiger partial charge in [0.25, 0.3) is 11.8 Å². The molecule has 8 heteroatoms. The molecule has 1 fully saturated rings. The van der Waals surface area contributed by atoms with Crippen LogP contribution in [0.1, 0.15) is 39.4 Å². The van der Waals surface area contributed by atoms with Gasteiger partial charge in [-0.05, 0) is 37.6 Å². The second kappa shape index (κ2) is 8.68. The summed E-state index contributed by atoms with van der Waals surface area (Å²) >= 11 is 0. The number of hydrogen-bond donors (Lipinski definition) is 2. The third-order valence-electron chi connectivity index (χ3n) is 4.67. The van der Waals surface area contributed by atoms with Gasteiger partial charge in [0.2, 0.25) is 0 Å². The third kappa shape index (κ3) is 4.65. The van der Waals surface area contributed by atoms with E-state index in [0.29, 0.717) is 19.1 Å². The number of hydrogen-bond acceptors (Lipinski definition) is 5. The average Bonchev–Trinajstić information content (AvgIpc) is 2.72. The van der Waals surface area contributed by atoms with Crippen LogP contribution in [0.25, 0.3) is 0 Å². The zero-order valence-corrected chi connectivity index (χ0v) is 15.1. The van der Waals surface area contributed by atoms with Gasteiger partial charge in [-0.2, -0.15) is 0 Å². The Hall–Kier alpha value is -2.87. The SMILES string of the molecule is CNC1CCN(C(=O)c2nccnc2C(=O)NCc2ccc(F)cc2)CC1. The lowest BCUT2D eigenvalue weighted by molar-refractivity contribution is 0.0694. The minimum absolute atomic E-state index is 0.000326. The molecule has 1 saturated heterocycles. The smallest absolute Gasteiger partial charge is 0.274 e. The molecule has 0 atom stereocenters. The minimum atomic E-state index is -0.485. The Balaban J connectivity index is 1.68. The lowest BCUT2D eigenvalue weighted by Crippen LogP contribution is -2.44. The van der Waals surface area contributed by atoms with E-state index in [-0.39, 0.29) is 29.7 Å². The number of rotatable bonds is 5. The van der Waals surface area contributed by atoms with Crippen molar-refractivity contribution >= 4 is 11.8 Å². The van der Waals surface area contributed by atoms with Crippen molar-refractivity contribution in [3.05, 3.63) is 59.4 Å². The van der Waals surface area contributed by atoms with E-state index in [1.165, 1.54) is 24.5 Å². The highest BCUT2D eigenvalue weighted by atomic mass is 19.1. The molecule has 2 amide bonds. The maximum Gasteiger partial charge on any atom is 0.274 e. The largest absolute Gasteiger partial charge is 0.347 e. The van der Waals surface area contributed by atoms with Crippen molar-refractivity contribution in [3.63, 3.8) is 0 Å². The number of nitrogens with zero attached hydrogens (tertiary/aromatic N) is 3. The van der Waals surface area contributed by atoms with Crippen molar-refractivity contribution in [2.45, 2.75) is 25.4 Å². The van der Waals surface area contributed by atoms with Crippen LogP contribution in [0.5, 0.6) is 0 Å². The van der Waals surface area contributed by atoms with Gasteiger partial charge in [-0.15, -0.1) is 0 Å². The van der Waals surface area contributed by atoms with Crippen molar-refractivity contribution in [3.8, 4) is 0 Å². The summed E-state index contributed by atoms with van der Waals surface area (Å²) in [6.45, 7) is 1.42. The predicted octanol–water partition coefficient (Wildman–Crippen LogP) is 1.37. The molecule has 1 aliphatic heterocycles. The molecule has 0 bridgehead atoms. The molecule has 3 rings (SSSR count). The highest BCUT2D eigenvalue weighted by Crippen LogP contribution is 2.14. The molecule has 1 aromatic carbocycles. The van der Waals surface area contributed by atoms with Gasteiger partial charge in [-0.25, -0.2) is 14.4 Å². The maximum atomic E-state index is 13.0. The minimum Gasteiger partial charge on any atom is -0.347 e. The van der Waals surface area contributed by atoms with Gasteiger partial charge >= 0.3 is 0 Å². The van der Waals surface area contributed by atoms with Crippen molar-refractivity contribution in [1.82, 2.24) is 25.5 Å². The van der Waals surface area contributed by atoms with Gasteiger partial charge in [0.1, 0.15) is 5.82 Å². The number of carbonyl (C=O) groups is 2. The normalized spacial score (nSPS) is 14.8. The summed E-state index contributed by atoms with van der Waals surface area (Å²) in [6.07, 6.45) is 4.50. The van der Waals surface area contributed by atoms with E-state index < -0.39 is 5.91 Å². The molecular formula is C19H22FN5O2. The first kappa shape index (κ1) is 18.9. The number of amides is 2. The Bertz CT molecular complexity index is 804. The molecule has 7 nitrogen and oxygen atoms in total. The fraction of sp³-hybridized carbons (Fsp3) is 0.368. The first-order chi connectivity index (χ1) is 13.1. The molecule has 0 radical (unpaired) electrons. The Morgan fingerprint density at radius 1 is 1.11 bits per heavy atom. The molecule has 2 N–H and O–H groups in total. The summed E-state index contributed by atoms with van der Waals surface area (Å²) in [5.41, 5.74) is 0.799. The fourth-order valence-corrected chi connectivity index (χ4v) is 3.05. The number of nitrogens with one attached hydrogen (secondary N) is 2. The van der Waals surface area contributed by atoms with Crippen LogP contribution in [-0.2, 0) is 6.54 Å². The molecule has 2 heterocycles. The highest BCUT2D eigenvalue weighted by molar-refractivity contribution is 6.04. The van der Waals surface area contributed by atoms with E-state index in [1.54, 1.807) is 17.0 Å². The van der Waals surface area contributed by atoms with Crippen LogP contribution in [0, 0.1) is 5.82 Å². The lowest BCUT2D eigenvalue weighted by Gasteiger charge is -2.31. The van der Waals surface area contributed by atoms with Gasteiger partial charge in [0.15, 0.2) is 11.4 Å². The van der Waals surface area contributed by atoms with E-state index in [4.69, 9.17) is 0 Å². The summed E-state index contributed by atoms with van der Waals surface area (Å²) < 4.78 is 13.0. The van der Waals surface area contributed by atoms with E-state index in [1.807, 2.05) is 7.05 Å². The number of likely N-dealkylation sites (tertiary alicyclic amines) is 1. The van der Waals surface area contributed by atoms with E-state index in [2.05, 4.69) is 20.6 Å². The summed E-state index contributed by atoms with van der Waals surface area (Å²) in [6, 6.07) is 6.23. The van der Waals surface area contributed by atoms with Crippen LogP contribution in [0.2, 0.25) is 0 Å². The quantitative estimate of drug-likeness (QED) is 0.829. The zero-order valence-electron chi connectivity index (χ0n) is 15.1. The monoisotopic (exact) mass is 371 g/mol. The van der Waals surface area contributed by atoms with Gasteiger partial charge in [-0.3, -0.25) is 9.59 Å². The van der Waals surface area contributed by atoms with Crippen molar-refractivity contribution in [1.29, 1.82) is 0 Å². The topological polar surface area (TPSA) is 87.2 Å². The third-order valence-corrected chi connectivity index (χ3v) is 4.67. The molecule has 0 saturated carbocycles. The second-order valence-electron chi connectivity index (χ2n) is 6.42. The van der Waals surface area contributed by atoms with Gasteiger partial charge in [0, 0.05) is 38.1 Å². The Morgan fingerprint density at radius 2 is 1.74 bits per heavy atom. The van der Waals surface area contributed by atoms with Crippen LogP contribution in [0.3, 0.4) is 0 Å². The Morgan fingerprint density at radius 3 is 2.37 bits per heavy atom. The average molecular weight is 371 g/mol. The zero-order chi connectivity index (χ0) is 19.2. The van der Waals surface area contributed by atoms with Crippen LogP contribution >= 0.6 is 0 Å². The molecule has 1 aromatic heterocycles. The summed E-state index contributed by atoms with van der Waals surface area (Å²) in [5.74, 6) is -1.11. The van der Waals surface area contributed by atoms with Gasteiger partial charge < -0.3 is 15.5 Å². The van der Waals surface area contributed by atoms with E-state index >= 15 is 0 Å². The van der Waals surface area contributed by atoms with Crippen LogP contribution in [0.15, 0.2) is 36.7 Å². The number of piperidine rings is 1. The lowest BCUT2D eigenvalue weighted by atomic mass is 10.0. The number of halogens is 1. The molecule has 1 aliphatic rings. The summed E-state index contributed by atoms with van der Waals surface area (Å²) in [4.78, 5) is 35.2. The first-order valence-electron chi connectivity index (χ1n) is 8.88. The number of aromatic nitrogens is 2. The Labute approximate surface area is 157 Å². The van der Waals surface area contributed by atoms with Gasteiger partial charge in [0.05, 0.1) is 0 Å². The maximum absolute atomic E-state index is 13.0.